The number of fused-ring (bicyclic) bond motifs is 1. The maximum Gasteiger partial charge on any atom is 0.251 e. The van der Waals surface area contributed by atoms with Crippen LogP contribution in [0.15, 0.2) is 72.1 Å². The topological polar surface area (TPSA) is 69.0 Å². The Bertz CT molecular complexity index is 1230. The predicted octanol–water partition coefficient (Wildman–Crippen LogP) is 5.07. The van der Waals surface area contributed by atoms with E-state index in [0.717, 1.165) is 33.7 Å². The maximum absolute atomic E-state index is 13.2. The number of rotatable bonds is 11. The molecule has 2 aromatic heterocycles. The number of halogens is 1. The van der Waals surface area contributed by atoms with Crippen molar-refractivity contribution in [3.63, 3.8) is 0 Å². The maximum atomic E-state index is 13.2. The first-order chi connectivity index (χ1) is 16.6. The van der Waals surface area contributed by atoms with Gasteiger partial charge in [0.15, 0.2) is 5.16 Å². The van der Waals surface area contributed by atoms with Crippen LogP contribution >= 0.6 is 11.8 Å². The van der Waals surface area contributed by atoms with Gasteiger partial charge in [-0.05, 0) is 54.8 Å². The summed E-state index contributed by atoms with van der Waals surface area (Å²) in [5, 5.41) is 3.79. The Morgan fingerprint density at radius 1 is 1.09 bits per heavy atom. The normalized spacial score (nSPS) is 11.1. The summed E-state index contributed by atoms with van der Waals surface area (Å²) >= 11 is 1.60. The summed E-state index contributed by atoms with van der Waals surface area (Å²) in [6.07, 6.45) is 4.34. The largest absolute Gasteiger partial charge is 0.382 e. The molecule has 1 N–H and O–H groups in total. The van der Waals surface area contributed by atoms with Gasteiger partial charge in [-0.3, -0.25) is 9.78 Å². The lowest BCUT2D eigenvalue weighted by molar-refractivity contribution is 0.0944. The van der Waals surface area contributed by atoms with Crippen molar-refractivity contribution in [1.82, 2.24) is 19.9 Å². The van der Waals surface area contributed by atoms with Gasteiger partial charge in [-0.1, -0.05) is 36.0 Å². The van der Waals surface area contributed by atoms with Crippen molar-refractivity contribution in [3.05, 3.63) is 89.5 Å². The Hall–Kier alpha value is -3.23. The fourth-order valence-corrected chi connectivity index (χ4v) is 4.48. The Balaban J connectivity index is 1.45. The summed E-state index contributed by atoms with van der Waals surface area (Å²) in [7, 11) is 0. The van der Waals surface area contributed by atoms with Crippen LogP contribution in [0.3, 0.4) is 0 Å². The molecule has 0 radical (unpaired) electrons. The second-order valence-electron chi connectivity index (χ2n) is 7.76. The quantitative estimate of drug-likeness (QED) is 0.241. The van der Waals surface area contributed by atoms with Gasteiger partial charge >= 0.3 is 0 Å². The SMILES string of the molecule is CCOCCCNC(=O)c1ccc(Cn2c(SCc3ccc(F)cc3)nc3ccncc32)cc1. The van der Waals surface area contributed by atoms with Crippen LogP contribution in [0, 0.1) is 5.82 Å². The van der Waals surface area contributed by atoms with Crippen molar-refractivity contribution in [2.45, 2.75) is 30.8 Å². The molecule has 0 aliphatic carbocycles. The molecule has 4 rings (SSSR count). The molecular weight excluding hydrogens is 451 g/mol. The zero-order valence-electron chi connectivity index (χ0n) is 19.0. The van der Waals surface area contributed by atoms with Crippen LogP contribution in [-0.4, -0.2) is 40.2 Å². The minimum Gasteiger partial charge on any atom is -0.382 e. The van der Waals surface area contributed by atoms with Crippen molar-refractivity contribution in [2.75, 3.05) is 19.8 Å². The average Bonchev–Trinajstić information content (AvgIpc) is 3.21. The van der Waals surface area contributed by atoms with E-state index < -0.39 is 0 Å². The Labute approximate surface area is 202 Å². The summed E-state index contributed by atoms with van der Waals surface area (Å²) < 4.78 is 20.6. The molecule has 0 saturated heterocycles. The Morgan fingerprint density at radius 3 is 2.62 bits per heavy atom. The summed E-state index contributed by atoms with van der Waals surface area (Å²) in [5.41, 5.74) is 4.53. The van der Waals surface area contributed by atoms with Crippen LogP contribution in [0.2, 0.25) is 0 Å². The van der Waals surface area contributed by atoms with E-state index in [1.54, 1.807) is 30.1 Å². The third-order valence-corrected chi connectivity index (χ3v) is 6.36. The Morgan fingerprint density at radius 2 is 1.85 bits per heavy atom. The summed E-state index contributed by atoms with van der Waals surface area (Å²) in [4.78, 5) is 21.4. The molecule has 0 aliphatic rings. The number of hydrogen-bond acceptors (Lipinski definition) is 5. The zero-order chi connectivity index (χ0) is 23.8. The van der Waals surface area contributed by atoms with Gasteiger partial charge in [-0.25, -0.2) is 9.37 Å². The monoisotopic (exact) mass is 478 g/mol. The number of benzene rings is 2. The Kier molecular flexibility index (Phi) is 8.27. The highest BCUT2D eigenvalue weighted by molar-refractivity contribution is 7.98. The number of amides is 1. The molecule has 0 aliphatic heterocycles. The number of carbonyl (C=O) groups excluding carboxylic acids is 1. The van der Waals surface area contributed by atoms with Crippen LogP contribution in [0.1, 0.15) is 34.8 Å². The fourth-order valence-electron chi connectivity index (χ4n) is 3.51. The van der Waals surface area contributed by atoms with Crippen LogP contribution in [0.25, 0.3) is 11.0 Å². The van der Waals surface area contributed by atoms with Crippen molar-refractivity contribution in [2.24, 2.45) is 0 Å². The van der Waals surface area contributed by atoms with Gasteiger partial charge in [0.1, 0.15) is 5.82 Å². The van der Waals surface area contributed by atoms with E-state index in [9.17, 15) is 9.18 Å². The molecule has 8 heteroatoms. The molecule has 0 spiro atoms. The second-order valence-corrected chi connectivity index (χ2v) is 8.71. The van der Waals surface area contributed by atoms with E-state index in [-0.39, 0.29) is 11.7 Å². The number of carbonyl (C=O) groups is 1. The average molecular weight is 479 g/mol. The van der Waals surface area contributed by atoms with Crippen LogP contribution in [-0.2, 0) is 17.0 Å². The number of thioether (sulfide) groups is 1. The summed E-state index contributed by atoms with van der Waals surface area (Å²) in [6.45, 7) is 4.47. The van der Waals surface area contributed by atoms with E-state index in [1.165, 1.54) is 12.1 Å². The number of imidazole rings is 1. The summed E-state index contributed by atoms with van der Waals surface area (Å²) in [5.74, 6) is 0.352. The molecule has 0 saturated carbocycles. The number of nitrogens with zero attached hydrogens (tertiary/aromatic N) is 3. The lowest BCUT2D eigenvalue weighted by Crippen LogP contribution is -2.25. The first-order valence-electron chi connectivity index (χ1n) is 11.3. The smallest absolute Gasteiger partial charge is 0.251 e. The third kappa shape index (κ3) is 6.21. The highest BCUT2D eigenvalue weighted by Crippen LogP contribution is 2.27. The van der Waals surface area contributed by atoms with Gasteiger partial charge in [-0.2, -0.15) is 0 Å². The first-order valence-corrected chi connectivity index (χ1v) is 12.2. The van der Waals surface area contributed by atoms with Crippen molar-refractivity contribution >= 4 is 28.7 Å². The van der Waals surface area contributed by atoms with Crippen LogP contribution in [0.5, 0.6) is 0 Å². The van der Waals surface area contributed by atoms with Gasteiger partial charge in [0.05, 0.1) is 23.8 Å². The van der Waals surface area contributed by atoms with Crippen LogP contribution in [0.4, 0.5) is 4.39 Å². The lowest BCUT2D eigenvalue weighted by atomic mass is 10.1. The summed E-state index contributed by atoms with van der Waals surface area (Å²) in [6, 6.07) is 16.0. The minimum absolute atomic E-state index is 0.0872. The van der Waals surface area contributed by atoms with E-state index in [2.05, 4.69) is 14.9 Å². The van der Waals surface area contributed by atoms with E-state index in [4.69, 9.17) is 9.72 Å². The second kappa shape index (κ2) is 11.8. The number of hydrogen-bond donors (Lipinski definition) is 1. The van der Waals surface area contributed by atoms with Gasteiger partial charge in [0.2, 0.25) is 0 Å². The molecule has 1 amide bonds. The number of aromatic nitrogens is 3. The molecule has 0 atom stereocenters. The third-order valence-electron chi connectivity index (χ3n) is 5.31. The molecule has 176 valence electrons. The number of pyridine rings is 1. The zero-order valence-corrected chi connectivity index (χ0v) is 19.9. The first kappa shape index (κ1) is 23.9. The molecule has 0 unspecified atom stereocenters. The van der Waals surface area contributed by atoms with Crippen molar-refractivity contribution < 1.29 is 13.9 Å². The molecular formula is C26H27FN4O2S. The molecule has 34 heavy (non-hydrogen) atoms. The lowest BCUT2D eigenvalue weighted by Gasteiger charge is -2.10. The fraction of sp³-hybridized carbons (Fsp3) is 0.269. The minimum atomic E-state index is -0.241. The molecule has 0 fully saturated rings. The molecule has 2 aromatic carbocycles. The van der Waals surface area contributed by atoms with E-state index >= 15 is 0 Å². The van der Waals surface area contributed by atoms with Crippen molar-refractivity contribution in [1.29, 1.82) is 0 Å². The molecule has 0 bridgehead atoms. The standard InChI is InChI=1S/C26H27FN4O2S/c1-2-33-15-3-13-29-25(32)21-8-4-19(5-9-21)17-31-24-16-28-14-12-23(24)30-26(31)34-18-20-6-10-22(27)11-7-20/h4-12,14,16H,2-3,13,15,17-18H2,1H3,(H,29,32). The van der Waals surface area contributed by atoms with Gasteiger partial charge < -0.3 is 14.6 Å². The highest BCUT2D eigenvalue weighted by atomic mass is 32.2. The van der Waals surface area contributed by atoms with Gasteiger partial charge in [0.25, 0.3) is 5.91 Å². The van der Waals surface area contributed by atoms with Crippen LogP contribution < -0.4 is 5.32 Å². The number of ether oxygens (including phenoxy) is 1. The van der Waals surface area contributed by atoms with Crippen molar-refractivity contribution in [3.8, 4) is 0 Å². The van der Waals surface area contributed by atoms with Gasteiger partial charge in [0, 0.05) is 37.3 Å². The van der Waals surface area contributed by atoms with E-state index in [0.29, 0.717) is 37.6 Å². The highest BCUT2D eigenvalue weighted by Gasteiger charge is 2.13. The molecule has 2 heterocycles. The predicted molar refractivity (Wildman–Crippen MR) is 132 cm³/mol. The van der Waals surface area contributed by atoms with E-state index in [1.807, 2.05) is 43.5 Å². The molecule has 4 aromatic rings. The molecule has 6 nitrogen and oxygen atoms in total. The van der Waals surface area contributed by atoms with Gasteiger partial charge in [-0.15, -0.1) is 0 Å². The number of nitrogens with one attached hydrogen (secondary N) is 1.